The Hall–Kier alpha value is -4.82. The Bertz CT molecular complexity index is 1580. The van der Waals surface area contributed by atoms with Crippen molar-refractivity contribution in [2.75, 3.05) is 11.9 Å². The van der Waals surface area contributed by atoms with Gasteiger partial charge in [-0.3, -0.25) is 4.79 Å². The van der Waals surface area contributed by atoms with Crippen LogP contribution in [0.15, 0.2) is 60.9 Å². The maximum Gasteiger partial charge on any atom is 0.340 e. The molecule has 9 nitrogen and oxygen atoms in total. The van der Waals surface area contributed by atoms with Gasteiger partial charge >= 0.3 is 5.97 Å². The van der Waals surface area contributed by atoms with Crippen molar-refractivity contribution >= 4 is 40.4 Å². The summed E-state index contributed by atoms with van der Waals surface area (Å²) in [6.07, 6.45) is 2.87. The van der Waals surface area contributed by atoms with E-state index in [0.717, 1.165) is 11.6 Å². The van der Waals surface area contributed by atoms with Gasteiger partial charge in [0, 0.05) is 18.0 Å². The molecule has 0 radical (unpaired) electrons. The van der Waals surface area contributed by atoms with E-state index in [1.165, 1.54) is 29.0 Å². The third-order valence-corrected chi connectivity index (χ3v) is 5.69. The Balaban J connectivity index is 1.52. The van der Waals surface area contributed by atoms with Crippen LogP contribution in [0, 0.1) is 24.1 Å². The van der Waals surface area contributed by atoms with Gasteiger partial charge in [-0.15, -0.1) is 0 Å². The lowest BCUT2D eigenvalue weighted by Gasteiger charge is -2.13. The number of hydrogen-bond donors (Lipinski definition) is 2. The molecule has 2 N–H and O–H groups in total. The Morgan fingerprint density at radius 2 is 1.97 bits per heavy atom. The zero-order chi connectivity index (χ0) is 27.2. The van der Waals surface area contributed by atoms with Crippen LogP contribution in [0.2, 0.25) is 0 Å². The Labute approximate surface area is 222 Å². The van der Waals surface area contributed by atoms with Gasteiger partial charge in [0.15, 0.2) is 22.4 Å². The first kappa shape index (κ1) is 26.2. The molecule has 4 rings (SSSR count). The molecule has 0 spiro atoms. The Morgan fingerprint density at radius 3 is 2.66 bits per heavy atom. The van der Waals surface area contributed by atoms with Crippen LogP contribution in [-0.4, -0.2) is 33.2 Å². The van der Waals surface area contributed by atoms with Gasteiger partial charge in [-0.25, -0.2) is 13.7 Å². The molecule has 11 heteroatoms. The number of carbonyl (C=O) groups is 2. The van der Waals surface area contributed by atoms with E-state index in [2.05, 4.69) is 15.7 Å². The SMILES string of the molecule is CCOC(=O)c1cn2ncc(C#N)c(Oc3ccc(NC(=S)NC(=O)Cc4ccccc4)cc3F)c2c1C. The van der Waals surface area contributed by atoms with Gasteiger partial charge < -0.3 is 20.1 Å². The van der Waals surface area contributed by atoms with Crippen molar-refractivity contribution in [2.24, 2.45) is 0 Å². The number of rotatable bonds is 7. The molecule has 38 heavy (non-hydrogen) atoms. The van der Waals surface area contributed by atoms with E-state index < -0.39 is 11.8 Å². The first-order valence-electron chi connectivity index (χ1n) is 11.5. The summed E-state index contributed by atoms with van der Waals surface area (Å²) in [4.78, 5) is 24.5. The predicted molar refractivity (Wildman–Crippen MR) is 142 cm³/mol. The number of benzene rings is 2. The number of fused-ring (bicyclic) bond motifs is 1. The fraction of sp³-hybridized carbons (Fsp3) is 0.148. The minimum absolute atomic E-state index is 0.0110. The zero-order valence-corrected chi connectivity index (χ0v) is 21.3. The Morgan fingerprint density at radius 1 is 1.21 bits per heavy atom. The standard InChI is InChI=1S/C27H22FN5O4S/c1-3-36-26(35)20-15-33-24(16(20)2)25(18(13-29)14-30-33)37-22-10-9-19(12-21(22)28)31-27(38)32-23(34)11-17-7-5-4-6-8-17/h4-10,12,14-15H,3,11H2,1-2H3,(H2,31,32,34,38). The first-order valence-corrected chi connectivity index (χ1v) is 11.9. The molecule has 0 unspecified atom stereocenters. The van der Waals surface area contributed by atoms with Gasteiger partial charge in [-0.2, -0.15) is 10.4 Å². The number of thiocarbonyl (C=S) groups is 1. The number of halogens is 1. The highest BCUT2D eigenvalue weighted by molar-refractivity contribution is 7.80. The fourth-order valence-electron chi connectivity index (χ4n) is 3.74. The highest BCUT2D eigenvalue weighted by Crippen LogP contribution is 2.35. The largest absolute Gasteiger partial charge is 0.462 e. The van der Waals surface area contributed by atoms with Crippen molar-refractivity contribution in [3.05, 3.63) is 89.0 Å². The van der Waals surface area contributed by atoms with Crippen LogP contribution >= 0.6 is 12.2 Å². The number of carbonyl (C=O) groups excluding carboxylic acids is 2. The number of amides is 1. The van der Waals surface area contributed by atoms with E-state index in [1.807, 2.05) is 36.4 Å². The molecule has 0 fully saturated rings. The Kier molecular flexibility index (Phi) is 7.94. The smallest absolute Gasteiger partial charge is 0.340 e. The molecule has 0 saturated heterocycles. The molecule has 0 saturated carbocycles. The van der Waals surface area contributed by atoms with Crippen molar-refractivity contribution < 1.29 is 23.5 Å². The summed E-state index contributed by atoms with van der Waals surface area (Å²) < 4.78 is 27.3. The average molecular weight is 532 g/mol. The molecule has 1 amide bonds. The molecule has 0 aliphatic rings. The lowest BCUT2D eigenvalue weighted by molar-refractivity contribution is -0.119. The second kappa shape index (κ2) is 11.5. The summed E-state index contributed by atoms with van der Waals surface area (Å²) in [6.45, 7) is 3.54. The molecule has 2 heterocycles. The van der Waals surface area contributed by atoms with Crippen molar-refractivity contribution in [3.63, 3.8) is 0 Å². The number of esters is 1. The zero-order valence-electron chi connectivity index (χ0n) is 20.4. The molecule has 192 valence electrons. The third kappa shape index (κ3) is 5.77. The summed E-state index contributed by atoms with van der Waals surface area (Å²) in [7, 11) is 0. The molecular formula is C27H22FN5O4S. The van der Waals surface area contributed by atoms with Crippen LogP contribution in [0.3, 0.4) is 0 Å². The maximum absolute atomic E-state index is 15.0. The first-order chi connectivity index (χ1) is 18.3. The van der Waals surface area contributed by atoms with Gasteiger partial charge in [0.1, 0.15) is 17.1 Å². The van der Waals surface area contributed by atoms with Gasteiger partial charge in [0.05, 0.1) is 24.8 Å². The summed E-state index contributed by atoms with van der Waals surface area (Å²) in [5, 5.41) is 19.1. The summed E-state index contributed by atoms with van der Waals surface area (Å²) in [5.74, 6) is -1.74. The van der Waals surface area contributed by atoms with E-state index in [0.29, 0.717) is 11.1 Å². The normalized spacial score (nSPS) is 10.5. The molecular weight excluding hydrogens is 509 g/mol. The average Bonchev–Trinajstić information content (AvgIpc) is 3.23. The number of nitrogens with zero attached hydrogens (tertiary/aromatic N) is 3. The topological polar surface area (TPSA) is 118 Å². The monoisotopic (exact) mass is 531 g/mol. The maximum atomic E-state index is 15.0. The number of hydrogen-bond acceptors (Lipinski definition) is 7. The lowest BCUT2D eigenvalue weighted by Crippen LogP contribution is -2.35. The van der Waals surface area contributed by atoms with Crippen molar-refractivity contribution in [1.82, 2.24) is 14.9 Å². The minimum atomic E-state index is -0.748. The van der Waals surface area contributed by atoms with Crippen molar-refractivity contribution in [3.8, 4) is 17.6 Å². The number of ether oxygens (including phenoxy) is 2. The van der Waals surface area contributed by atoms with E-state index in [4.69, 9.17) is 21.7 Å². The quantitative estimate of drug-likeness (QED) is 0.261. The van der Waals surface area contributed by atoms with E-state index >= 15 is 4.39 Å². The van der Waals surface area contributed by atoms with Crippen LogP contribution in [0.1, 0.15) is 34.0 Å². The second-order valence-corrected chi connectivity index (χ2v) is 8.50. The fourth-order valence-corrected chi connectivity index (χ4v) is 3.97. The van der Waals surface area contributed by atoms with E-state index in [9.17, 15) is 14.9 Å². The number of aromatic nitrogens is 2. The van der Waals surface area contributed by atoms with Crippen molar-refractivity contribution in [1.29, 1.82) is 5.26 Å². The van der Waals surface area contributed by atoms with Crippen LogP contribution < -0.4 is 15.4 Å². The third-order valence-electron chi connectivity index (χ3n) is 5.49. The van der Waals surface area contributed by atoms with Crippen LogP contribution in [-0.2, 0) is 16.0 Å². The van der Waals surface area contributed by atoms with E-state index in [-0.39, 0.29) is 52.4 Å². The van der Waals surface area contributed by atoms with Crippen molar-refractivity contribution in [2.45, 2.75) is 20.3 Å². The highest BCUT2D eigenvalue weighted by Gasteiger charge is 2.22. The van der Waals surface area contributed by atoms with E-state index in [1.54, 1.807) is 13.8 Å². The molecule has 0 bridgehead atoms. The summed E-state index contributed by atoms with van der Waals surface area (Å²) in [6, 6.07) is 15.2. The molecule has 0 atom stereocenters. The van der Waals surface area contributed by atoms with Gasteiger partial charge in [-0.1, -0.05) is 30.3 Å². The van der Waals surface area contributed by atoms with Crippen LogP contribution in [0.4, 0.5) is 10.1 Å². The molecule has 0 aliphatic carbocycles. The summed E-state index contributed by atoms with van der Waals surface area (Å²) in [5.41, 5.74) is 2.22. The predicted octanol–water partition coefficient (Wildman–Crippen LogP) is 4.68. The molecule has 2 aromatic carbocycles. The molecule has 2 aromatic heterocycles. The highest BCUT2D eigenvalue weighted by atomic mass is 32.1. The van der Waals surface area contributed by atoms with Crippen LogP contribution in [0.5, 0.6) is 11.5 Å². The number of aryl methyl sites for hydroxylation is 1. The second-order valence-electron chi connectivity index (χ2n) is 8.09. The molecule has 0 aliphatic heterocycles. The molecule has 4 aromatic rings. The number of nitriles is 1. The number of nitrogens with one attached hydrogen (secondary N) is 2. The van der Waals surface area contributed by atoms with Gasteiger partial charge in [0.25, 0.3) is 0 Å². The summed E-state index contributed by atoms with van der Waals surface area (Å²) >= 11 is 5.17. The van der Waals surface area contributed by atoms with Crippen LogP contribution in [0.25, 0.3) is 5.52 Å². The van der Waals surface area contributed by atoms with Gasteiger partial charge in [-0.05, 0) is 49.3 Å². The van der Waals surface area contributed by atoms with Gasteiger partial charge in [0.2, 0.25) is 5.91 Å². The minimum Gasteiger partial charge on any atom is -0.462 e. The lowest BCUT2D eigenvalue weighted by atomic mass is 10.1. The number of anilines is 1.